The number of aromatic nitrogens is 3. The molecule has 0 atom stereocenters. The van der Waals surface area contributed by atoms with Crippen molar-refractivity contribution in [1.82, 2.24) is 19.7 Å². The van der Waals surface area contributed by atoms with E-state index in [0.29, 0.717) is 24.5 Å². The van der Waals surface area contributed by atoms with Crippen molar-refractivity contribution in [2.75, 3.05) is 6.54 Å². The summed E-state index contributed by atoms with van der Waals surface area (Å²) < 4.78 is 78.3. The van der Waals surface area contributed by atoms with Crippen LogP contribution in [0.4, 0.5) is 30.7 Å². The largest absolute Gasteiger partial charge is 0.542 e. The zero-order chi connectivity index (χ0) is 30.8. The van der Waals surface area contributed by atoms with Crippen LogP contribution in [0.15, 0.2) is 73.1 Å². The molecule has 1 aromatic carbocycles. The van der Waals surface area contributed by atoms with E-state index in [2.05, 4.69) is 15.3 Å². The third kappa shape index (κ3) is 9.90. The number of fused-ring (bicyclic) bond motifs is 1. The summed E-state index contributed by atoms with van der Waals surface area (Å²) in [7, 11) is 0. The smallest absolute Gasteiger partial charge is 0.490 e. The highest BCUT2D eigenvalue weighted by molar-refractivity contribution is 5.94. The van der Waals surface area contributed by atoms with Gasteiger partial charge in [0.2, 0.25) is 5.82 Å². The summed E-state index contributed by atoms with van der Waals surface area (Å²) in [6.07, 6.45) is -5.93. The molecule has 0 spiro atoms. The monoisotopic (exact) mass is 588 g/mol. The van der Waals surface area contributed by atoms with Gasteiger partial charge in [0.15, 0.2) is 0 Å². The van der Waals surface area contributed by atoms with Crippen molar-refractivity contribution in [2.45, 2.75) is 18.8 Å². The molecule has 4 aromatic rings. The molecule has 3 aromatic heterocycles. The molecule has 0 aliphatic carbocycles. The Labute approximate surface area is 225 Å². The van der Waals surface area contributed by atoms with Crippen LogP contribution in [0.5, 0.6) is 0 Å². The second-order valence-electron chi connectivity index (χ2n) is 7.73. The van der Waals surface area contributed by atoms with Gasteiger partial charge in [0.1, 0.15) is 23.7 Å². The molecule has 0 bridgehead atoms. The van der Waals surface area contributed by atoms with Crippen LogP contribution in [-0.4, -0.2) is 56.2 Å². The van der Waals surface area contributed by atoms with Gasteiger partial charge >= 0.3 is 18.3 Å². The lowest BCUT2D eigenvalue weighted by molar-refractivity contribution is -0.344. The van der Waals surface area contributed by atoms with E-state index in [1.54, 1.807) is 22.7 Å². The van der Waals surface area contributed by atoms with Crippen LogP contribution in [0, 0.1) is 5.82 Å². The average Bonchev–Trinajstić information content (AvgIpc) is 3.29. The summed E-state index contributed by atoms with van der Waals surface area (Å²) in [4.78, 5) is 38.0. The molecule has 3 heterocycles. The number of aliphatic carboxylic acids is 2. The molecule has 16 heteroatoms. The third-order valence-corrected chi connectivity index (χ3v) is 4.80. The number of hydrogen-bond acceptors (Lipinski definition) is 5. The van der Waals surface area contributed by atoms with Crippen molar-refractivity contribution in [3.63, 3.8) is 0 Å². The molecule has 0 unspecified atom stereocenters. The van der Waals surface area contributed by atoms with Gasteiger partial charge in [0, 0.05) is 24.4 Å². The minimum atomic E-state index is -5.19. The van der Waals surface area contributed by atoms with E-state index in [9.17, 15) is 35.5 Å². The highest BCUT2D eigenvalue weighted by Crippen LogP contribution is 2.25. The molecule has 4 rings (SSSR count). The number of alkyl halides is 6. The van der Waals surface area contributed by atoms with Gasteiger partial charge in [-0.05, 0) is 36.4 Å². The number of benzene rings is 1. The van der Waals surface area contributed by atoms with Gasteiger partial charge in [0.05, 0.1) is 29.8 Å². The van der Waals surface area contributed by atoms with Crippen molar-refractivity contribution in [1.29, 1.82) is 0 Å². The highest BCUT2D eigenvalue weighted by atomic mass is 19.4. The summed E-state index contributed by atoms with van der Waals surface area (Å²) in [5.41, 5.74) is 3.25. The molecule has 1 amide bonds. The van der Waals surface area contributed by atoms with Crippen molar-refractivity contribution in [2.24, 2.45) is 0 Å². The Balaban J connectivity index is 0.000000349. The van der Waals surface area contributed by atoms with Gasteiger partial charge < -0.3 is 20.3 Å². The van der Waals surface area contributed by atoms with Crippen LogP contribution in [-0.2, 0) is 16.0 Å². The van der Waals surface area contributed by atoms with E-state index in [4.69, 9.17) is 19.8 Å². The number of imidazole rings is 1. The summed E-state index contributed by atoms with van der Waals surface area (Å²) in [6.45, 7) is 0.493. The summed E-state index contributed by atoms with van der Waals surface area (Å²) in [6, 6.07) is 17.6. The van der Waals surface area contributed by atoms with Crippen LogP contribution < -0.4 is 10.4 Å². The third-order valence-electron chi connectivity index (χ3n) is 4.80. The Kier molecular flexibility index (Phi) is 10.9. The molecule has 0 saturated carbocycles. The standard InChI is InChI=1S/C21H17FN4O.2C2HF3O2/c22-16-9-7-15(8-10-16)19-18-6-2-4-14-26(18)20(25-19)21(27)24-13-11-17-5-1-3-12-23-17;2*3-2(4,5)1(6)7/h1-10,12,14,23H,11,13H2;2*(H,6,7). The summed E-state index contributed by atoms with van der Waals surface area (Å²) in [5, 5.41) is 18.8. The van der Waals surface area contributed by atoms with Gasteiger partial charge in [-0.15, -0.1) is 0 Å². The number of carbonyl (C=O) groups is 3. The number of carboxylic acids is 2. The normalized spacial score (nSPS) is 11.0. The van der Waals surface area contributed by atoms with E-state index in [1.165, 1.54) is 12.1 Å². The first-order valence-corrected chi connectivity index (χ1v) is 11.2. The Morgan fingerprint density at radius 2 is 1.59 bits per heavy atom. The van der Waals surface area contributed by atoms with Crippen LogP contribution in [0.1, 0.15) is 16.3 Å². The first-order valence-electron chi connectivity index (χ1n) is 11.2. The molecule has 3 N–H and O–H groups in total. The van der Waals surface area contributed by atoms with Crippen molar-refractivity contribution >= 4 is 23.4 Å². The maximum atomic E-state index is 13.2. The fourth-order valence-corrected chi connectivity index (χ4v) is 2.99. The number of pyridine rings is 2. The number of nitrogens with one attached hydrogen (secondary N) is 2. The van der Waals surface area contributed by atoms with Crippen LogP contribution in [0.2, 0.25) is 0 Å². The van der Waals surface area contributed by atoms with Crippen molar-refractivity contribution in [3.05, 3.63) is 90.4 Å². The summed E-state index contributed by atoms with van der Waals surface area (Å²) in [5.74, 6) is -6.01. The molecule has 0 fully saturated rings. The lowest BCUT2D eigenvalue weighted by atomic mass is 10.1. The predicted octanol–water partition coefficient (Wildman–Crippen LogP) is 3.65. The topological polar surface area (TPSA) is 140 Å². The maximum Gasteiger partial charge on any atom is 0.490 e. The quantitative estimate of drug-likeness (QED) is 0.240. The Morgan fingerprint density at radius 3 is 2.10 bits per heavy atom. The second-order valence-corrected chi connectivity index (χ2v) is 7.73. The van der Waals surface area contributed by atoms with E-state index in [1.807, 2.05) is 42.6 Å². The van der Waals surface area contributed by atoms with Gasteiger partial charge in [-0.3, -0.25) is 14.2 Å². The minimum absolute atomic E-state index is 0.250. The Bertz CT molecular complexity index is 1450. The maximum absolute atomic E-state index is 13.2. The fourth-order valence-electron chi connectivity index (χ4n) is 2.99. The van der Waals surface area contributed by atoms with Crippen LogP contribution >= 0.6 is 0 Å². The number of carbonyl (C=O) groups excluding carboxylic acids is 2. The molecule has 0 radical (unpaired) electrons. The predicted molar refractivity (Wildman–Crippen MR) is 127 cm³/mol. The Morgan fingerprint density at radius 1 is 0.976 bits per heavy atom. The molecule has 218 valence electrons. The second kappa shape index (κ2) is 13.9. The van der Waals surface area contributed by atoms with Gasteiger partial charge in [-0.25, -0.2) is 14.2 Å². The Hall–Kier alpha value is -5.02. The van der Waals surface area contributed by atoms with Gasteiger partial charge in [-0.2, -0.15) is 26.3 Å². The number of aromatic amines is 1. The number of carboxylic acid groups (broad SMARTS) is 2. The number of hydrogen-bond donors (Lipinski definition) is 3. The number of halogens is 7. The van der Waals surface area contributed by atoms with Crippen molar-refractivity contribution < 1.29 is 55.3 Å². The first-order chi connectivity index (χ1) is 19.1. The number of nitrogens with zero attached hydrogens (tertiary/aromatic N) is 2. The SMILES string of the molecule is O=C(NCC[c+]1cccc[nH]1)c1nc(-c2ccc(F)cc2)c2ccccn12.O=C(O)C(F)(F)F.O=C([O-])C(F)(F)F. The molecular formula is C25H19F7N4O5. The molecule has 9 nitrogen and oxygen atoms in total. The molecule has 41 heavy (non-hydrogen) atoms. The number of H-pyrrole nitrogens is 1. The molecule has 0 aliphatic rings. The lowest BCUT2D eigenvalue weighted by Gasteiger charge is -2.03. The van der Waals surface area contributed by atoms with Gasteiger partial charge in [0.25, 0.3) is 5.91 Å². The molecular weight excluding hydrogens is 569 g/mol. The van der Waals surface area contributed by atoms with E-state index < -0.39 is 24.3 Å². The average molecular weight is 588 g/mol. The number of rotatable bonds is 5. The zero-order valence-electron chi connectivity index (χ0n) is 20.5. The molecule has 0 saturated heterocycles. The number of amides is 1. The van der Waals surface area contributed by atoms with Crippen molar-refractivity contribution in [3.8, 4) is 11.3 Å². The fraction of sp³-hybridized carbons (Fsp3) is 0.160. The van der Waals surface area contributed by atoms with E-state index in [-0.39, 0.29) is 11.7 Å². The van der Waals surface area contributed by atoms with E-state index in [0.717, 1.165) is 16.8 Å². The van der Waals surface area contributed by atoms with Crippen LogP contribution in [0.25, 0.3) is 16.8 Å². The first kappa shape index (κ1) is 32.2. The highest BCUT2D eigenvalue weighted by Gasteiger charge is 2.38. The van der Waals surface area contributed by atoms with Crippen LogP contribution in [0.3, 0.4) is 0 Å². The summed E-state index contributed by atoms with van der Waals surface area (Å²) >= 11 is 0. The van der Waals surface area contributed by atoms with E-state index >= 15 is 0 Å². The molecule has 0 aliphatic heterocycles. The minimum Gasteiger partial charge on any atom is -0.542 e. The van der Waals surface area contributed by atoms with Gasteiger partial charge in [-0.1, -0.05) is 6.07 Å². The zero-order valence-corrected chi connectivity index (χ0v) is 20.5. The lowest BCUT2D eigenvalue weighted by Crippen LogP contribution is -2.37.